The highest BCUT2D eigenvalue weighted by Gasteiger charge is 2.37. The fourth-order valence-corrected chi connectivity index (χ4v) is 7.06. The second-order valence-corrected chi connectivity index (χ2v) is 14.1. The number of piperidine rings is 2. The van der Waals surface area contributed by atoms with E-state index in [1.807, 2.05) is 0 Å². The fraction of sp³-hybridized carbons (Fsp3) is 0.667. The quantitative estimate of drug-likeness (QED) is 0.169. The number of hydrogen-bond acceptors (Lipinski definition) is 8. The molecule has 1 amide bonds. The van der Waals surface area contributed by atoms with Gasteiger partial charge in [-0.1, -0.05) is 6.58 Å². The number of rotatable bonds is 10. The lowest BCUT2D eigenvalue weighted by molar-refractivity contribution is -0.155. The summed E-state index contributed by atoms with van der Waals surface area (Å²) in [5.74, 6) is -1.13. The normalized spacial score (nSPS) is 23.8. The predicted octanol–water partition coefficient (Wildman–Crippen LogP) is 3.62. The summed E-state index contributed by atoms with van der Waals surface area (Å²) >= 11 is 0. The van der Waals surface area contributed by atoms with Crippen LogP contribution in [0.15, 0.2) is 45.1 Å². The third-order valence-corrected chi connectivity index (χ3v) is 10.5. The lowest BCUT2D eigenvalue weighted by atomic mass is 9.97. The molecule has 3 aliphatic heterocycles. The van der Waals surface area contributed by atoms with Crippen molar-refractivity contribution in [3.8, 4) is 0 Å². The Morgan fingerprint density at radius 3 is 2.40 bits per heavy atom. The Labute approximate surface area is 263 Å². The monoisotopic (exact) mass is 658 g/mol. The predicted molar refractivity (Wildman–Crippen MR) is 165 cm³/mol. The minimum Gasteiger partial charge on any atom is -0.454 e. The molecule has 3 N–H and O–H groups in total. The van der Waals surface area contributed by atoms with E-state index >= 15 is 0 Å². The van der Waals surface area contributed by atoms with Crippen LogP contribution in [0.3, 0.4) is 0 Å². The van der Waals surface area contributed by atoms with Gasteiger partial charge in [0.1, 0.15) is 17.6 Å². The summed E-state index contributed by atoms with van der Waals surface area (Å²) in [6.07, 6.45) is 2.09. The number of nitrogens with one attached hydrogen (secondary N) is 1. The molecule has 2 unspecified atom stereocenters. The zero-order valence-electron chi connectivity index (χ0n) is 26.2. The van der Waals surface area contributed by atoms with E-state index in [0.29, 0.717) is 49.8 Å². The second-order valence-electron chi connectivity index (χ2n) is 12.1. The van der Waals surface area contributed by atoms with Gasteiger partial charge in [-0.15, -0.1) is 0 Å². The zero-order valence-corrected chi connectivity index (χ0v) is 27.0. The molecule has 3 aliphatic rings. The van der Waals surface area contributed by atoms with Crippen LogP contribution in [0, 0.1) is 0 Å². The molecule has 45 heavy (non-hydrogen) atoms. The van der Waals surface area contributed by atoms with Gasteiger partial charge < -0.3 is 30.0 Å². The van der Waals surface area contributed by atoms with Gasteiger partial charge in [-0.2, -0.15) is 13.2 Å². The van der Waals surface area contributed by atoms with Gasteiger partial charge in [-0.3, -0.25) is 4.79 Å². The van der Waals surface area contributed by atoms with Crippen molar-refractivity contribution in [3.05, 3.63) is 47.2 Å². The molecule has 0 aromatic carbocycles. The number of nitrogens with zero attached hydrogens (tertiary/aromatic N) is 4. The number of amides is 1. The first-order valence-corrected chi connectivity index (χ1v) is 17.2. The van der Waals surface area contributed by atoms with Gasteiger partial charge in [0, 0.05) is 50.0 Å². The third kappa shape index (κ3) is 8.89. The van der Waals surface area contributed by atoms with E-state index < -0.39 is 28.1 Å². The molecular weight excluding hydrogens is 613 g/mol. The van der Waals surface area contributed by atoms with E-state index in [-0.39, 0.29) is 29.5 Å². The minimum absolute atomic E-state index is 0.0120. The molecule has 0 radical (unpaired) electrons. The van der Waals surface area contributed by atoms with Gasteiger partial charge in [0.05, 0.1) is 18.7 Å². The summed E-state index contributed by atoms with van der Waals surface area (Å²) < 4.78 is 75.2. The number of likely N-dealkylation sites (tertiary alicyclic amines) is 2. The smallest absolute Gasteiger partial charge is 0.449 e. The van der Waals surface area contributed by atoms with Crippen molar-refractivity contribution in [2.75, 3.05) is 46.0 Å². The lowest BCUT2D eigenvalue weighted by Crippen LogP contribution is -2.52. The first-order valence-electron chi connectivity index (χ1n) is 15.4. The maximum atomic E-state index is 13.5. The Hall–Kier alpha value is -2.88. The van der Waals surface area contributed by atoms with Crippen LogP contribution in [0.5, 0.6) is 0 Å². The van der Waals surface area contributed by atoms with Gasteiger partial charge in [-0.25, -0.2) is 17.7 Å². The molecule has 3 saturated heterocycles. The summed E-state index contributed by atoms with van der Waals surface area (Å²) in [6.45, 7) is 8.92. The Morgan fingerprint density at radius 1 is 1.16 bits per heavy atom. The molecule has 1 aromatic heterocycles. The van der Waals surface area contributed by atoms with Crippen LogP contribution in [0.25, 0.3) is 0 Å². The average Bonchev–Trinajstić information content (AvgIpc) is 3.53. The molecular formula is C30H45F3N6O5S. The van der Waals surface area contributed by atoms with Crippen LogP contribution in [0.1, 0.15) is 69.5 Å². The third-order valence-electron chi connectivity index (χ3n) is 9.13. The van der Waals surface area contributed by atoms with Crippen molar-refractivity contribution in [2.24, 2.45) is 10.7 Å². The standard InChI is InChI=1S/C30H45F3N6O5S/c1-20(21(2)35-18-24-6-5-7-25(43-24)26-8-9-27(44-26)30(31,32)33)28(36-19-34)29(40)39-16-12-23(13-17-39)38-14-10-22(11-15-38)37(3)45(4,41)42/h8-9,19,22-25,35H,2,5-7,10-18H2,1,3-4H3,(H2,34,36)/b28-20-. The molecule has 11 nitrogen and oxygen atoms in total. The molecule has 15 heteroatoms. The zero-order chi connectivity index (χ0) is 32.9. The van der Waals surface area contributed by atoms with Crippen LogP contribution in [0.2, 0.25) is 0 Å². The number of furan rings is 1. The van der Waals surface area contributed by atoms with Gasteiger partial charge in [0.2, 0.25) is 15.8 Å². The molecule has 0 spiro atoms. The molecule has 0 bridgehead atoms. The topological polar surface area (TPSA) is 134 Å². The molecule has 252 valence electrons. The van der Waals surface area contributed by atoms with Crippen molar-refractivity contribution >= 4 is 22.3 Å². The van der Waals surface area contributed by atoms with Crippen LogP contribution >= 0.6 is 0 Å². The number of allylic oxidation sites excluding steroid dienone is 1. The van der Waals surface area contributed by atoms with Crippen molar-refractivity contribution in [1.82, 2.24) is 19.4 Å². The number of aliphatic imine (C=N–C) groups is 1. The molecule has 3 fully saturated rings. The van der Waals surface area contributed by atoms with Gasteiger partial charge in [0.25, 0.3) is 5.91 Å². The number of nitrogens with two attached hydrogens (primary N) is 1. The Bertz CT molecular complexity index is 1360. The number of ether oxygens (including phenoxy) is 1. The SMILES string of the molecule is C=C(NCC1CCCC(c2ccc(C(F)(F)F)o2)O1)/C(C)=C(\N=C/N)C(=O)N1CCC(N2CCC(N(C)S(C)(=O)=O)CC2)CC1. The number of carbonyl (C=O) groups excluding carboxylic acids is 1. The molecule has 4 heterocycles. The summed E-state index contributed by atoms with van der Waals surface area (Å²) in [5, 5.41) is 3.20. The van der Waals surface area contributed by atoms with Crippen LogP contribution < -0.4 is 11.1 Å². The largest absolute Gasteiger partial charge is 0.454 e. The van der Waals surface area contributed by atoms with E-state index in [9.17, 15) is 26.4 Å². The van der Waals surface area contributed by atoms with E-state index in [1.54, 1.807) is 18.9 Å². The Balaban J connectivity index is 1.29. The van der Waals surface area contributed by atoms with Crippen LogP contribution in [-0.2, 0) is 25.7 Å². The average molecular weight is 659 g/mol. The van der Waals surface area contributed by atoms with Gasteiger partial charge in [0.15, 0.2) is 0 Å². The highest BCUT2D eigenvalue weighted by Crippen LogP contribution is 2.37. The molecule has 0 saturated carbocycles. The van der Waals surface area contributed by atoms with Crippen LogP contribution in [-0.4, -0.2) is 99.0 Å². The number of halogens is 3. The van der Waals surface area contributed by atoms with Crippen LogP contribution in [0.4, 0.5) is 13.2 Å². The summed E-state index contributed by atoms with van der Waals surface area (Å²) in [5.41, 5.74) is 6.81. The van der Waals surface area contributed by atoms with Gasteiger partial charge in [-0.05, 0) is 77.1 Å². The van der Waals surface area contributed by atoms with Crippen molar-refractivity contribution in [3.63, 3.8) is 0 Å². The first kappa shape index (κ1) is 35.0. The maximum Gasteiger partial charge on any atom is 0.449 e. The summed E-state index contributed by atoms with van der Waals surface area (Å²) in [7, 11) is -1.58. The number of carbonyl (C=O) groups is 1. The lowest BCUT2D eigenvalue weighted by Gasteiger charge is -2.43. The minimum atomic E-state index is -4.55. The second kappa shape index (κ2) is 14.7. The molecule has 2 atom stereocenters. The highest BCUT2D eigenvalue weighted by molar-refractivity contribution is 7.88. The van der Waals surface area contributed by atoms with E-state index in [4.69, 9.17) is 14.9 Å². The first-order chi connectivity index (χ1) is 21.2. The van der Waals surface area contributed by atoms with Crippen molar-refractivity contribution in [2.45, 2.75) is 82.3 Å². The molecule has 4 rings (SSSR count). The van der Waals surface area contributed by atoms with Crippen molar-refractivity contribution < 1.29 is 35.5 Å². The summed E-state index contributed by atoms with van der Waals surface area (Å²) in [6, 6.07) is 2.56. The highest BCUT2D eigenvalue weighted by atomic mass is 32.2. The van der Waals surface area contributed by atoms with E-state index in [2.05, 4.69) is 21.8 Å². The van der Waals surface area contributed by atoms with Crippen molar-refractivity contribution in [1.29, 1.82) is 0 Å². The number of hydrogen-bond donors (Lipinski definition) is 2. The fourth-order valence-electron chi connectivity index (χ4n) is 6.31. The summed E-state index contributed by atoms with van der Waals surface area (Å²) in [4.78, 5) is 21.9. The molecule has 0 aliphatic carbocycles. The number of sulfonamides is 1. The molecule has 1 aromatic rings. The Kier molecular flexibility index (Phi) is 11.4. The van der Waals surface area contributed by atoms with E-state index in [0.717, 1.165) is 57.6 Å². The number of alkyl halides is 3. The maximum absolute atomic E-state index is 13.5. The Morgan fingerprint density at radius 2 is 1.82 bits per heavy atom. The van der Waals surface area contributed by atoms with Gasteiger partial charge >= 0.3 is 6.18 Å². The van der Waals surface area contributed by atoms with E-state index in [1.165, 1.54) is 16.6 Å².